The van der Waals surface area contributed by atoms with Crippen LogP contribution in [0.25, 0.3) is 134 Å². The Morgan fingerprint density at radius 2 is 1.19 bits per heavy atom. The Hall–Kier alpha value is -8.92. The maximum atomic E-state index is 6.41. The predicted octanol–water partition coefficient (Wildman–Crippen LogP) is 19.4. The van der Waals surface area contributed by atoms with Crippen LogP contribution in [0, 0.1) is 43.3 Å². The first-order chi connectivity index (χ1) is 38.0. The number of hydrogen-bond donors (Lipinski definition) is 1. The van der Waals surface area contributed by atoms with E-state index in [1.54, 1.807) is 0 Å². The van der Waals surface area contributed by atoms with Gasteiger partial charge in [-0.25, -0.2) is 17.7 Å². The van der Waals surface area contributed by atoms with Gasteiger partial charge in [0.15, 0.2) is 0 Å². The van der Waals surface area contributed by atoms with Crippen molar-refractivity contribution in [3.63, 3.8) is 0 Å². The zero-order valence-electron chi connectivity index (χ0n) is 42.6. The molecule has 366 valence electrons. The quantitative estimate of drug-likeness (QED) is 0.116. The van der Waals surface area contributed by atoms with E-state index in [2.05, 4.69) is 229 Å². The maximum Gasteiger partial charge on any atom is 2.00 e. The number of H-pyrrole nitrogens is 1. The van der Waals surface area contributed by atoms with E-state index in [0.29, 0.717) is 17.3 Å². The molecule has 1 aliphatic rings. The Bertz CT molecular complexity index is 4810. The monoisotopic (exact) mass is 1220 g/mol. The van der Waals surface area contributed by atoms with Crippen molar-refractivity contribution >= 4 is 100 Å². The maximum absolute atomic E-state index is 6.41. The van der Waals surface area contributed by atoms with Gasteiger partial charge in [0, 0.05) is 65.7 Å². The van der Waals surface area contributed by atoms with E-state index in [1.165, 1.54) is 44.1 Å². The molecule has 0 radical (unpaired) electrons. The molecule has 1 atom stereocenters. The van der Waals surface area contributed by atoms with Gasteiger partial charge < -0.3 is 23.4 Å². The van der Waals surface area contributed by atoms with Crippen LogP contribution in [-0.4, -0.2) is 15.3 Å². The van der Waals surface area contributed by atoms with Crippen molar-refractivity contribution in [3.8, 4) is 39.1 Å². The minimum atomic E-state index is 0. The van der Waals surface area contributed by atoms with Crippen LogP contribution in [0.3, 0.4) is 0 Å². The van der Waals surface area contributed by atoms with Gasteiger partial charge >= 0.3 is 31.1 Å². The number of benzene rings is 10. The van der Waals surface area contributed by atoms with E-state index in [1.807, 2.05) is 36.4 Å². The van der Waals surface area contributed by atoms with E-state index in [-0.39, 0.29) is 31.1 Å². The third-order valence-electron chi connectivity index (χ3n) is 15.6. The van der Waals surface area contributed by atoms with Crippen molar-refractivity contribution in [2.45, 2.75) is 19.3 Å². The van der Waals surface area contributed by atoms with Gasteiger partial charge in [-0.2, -0.15) is 18.2 Å². The summed E-state index contributed by atoms with van der Waals surface area (Å²) in [6.07, 6.45) is 11.2. The van der Waals surface area contributed by atoms with Gasteiger partial charge in [-0.15, -0.1) is 29.5 Å². The smallest absolute Gasteiger partial charge is 0.455 e. The Balaban J connectivity index is 0.00000552. The zero-order valence-corrected chi connectivity index (χ0v) is 46.8. The molecule has 6 heteroatoms. The average Bonchev–Trinajstić information content (AvgIpc) is 4.39. The Labute approximate surface area is 474 Å². The van der Waals surface area contributed by atoms with E-state index in [0.717, 1.165) is 106 Å². The molecule has 5 nitrogen and oxygen atoms in total. The van der Waals surface area contributed by atoms with Crippen LogP contribution in [0.4, 0.5) is 0 Å². The van der Waals surface area contributed by atoms with Crippen molar-refractivity contribution in [3.05, 3.63) is 265 Å². The summed E-state index contributed by atoms with van der Waals surface area (Å²) in [4.78, 5) is 8.94. The zero-order chi connectivity index (χ0) is 51.1. The van der Waals surface area contributed by atoms with Gasteiger partial charge in [-0.05, 0) is 99.9 Å². The fourth-order valence-corrected chi connectivity index (χ4v) is 11.8. The van der Waals surface area contributed by atoms with Crippen LogP contribution in [0.1, 0.15) is 47.2 Å². The molecule has 0 aliphatic heterocycles. The summed E-state index contributed by atoms with van der Waals surface area (Å²) in [5, 5.41) is 8.11. The molecular formula is C72H47N3O2U. The molecule has 10 aromatic carbocycles. The first-order valence-electron chi connectivity index (χ1n) is 26.2. The average molecular weight is 1220 g/mol. The first kappa shape index (κ1) is 47.5. The van der Waals surface area contributed by atoms with E-state index < -0.39 is 0 Å². The minimum Gasteiger partial charge on any atom is -0.455 e. The summed E-state index contributed by atoms with van der Waals surface area (Å²) >= 11 is 0. The van der Waals surface area contributed by atoms with Gasteiger partial charge in [-0.3, -0.25) is 0 Å². The van der Waals surface area contributed by atoms with Gasteiger partial charge in [0.1, 0.15) is 22.3 Å². The molecule has 78 heavy (non-hydrogen) atoms. The molecule has 4 heterocycles. The van der Waals surface area contributed by atoms with E-state index in [9.17, 15) is 0 Å². The standard InChI is InChI=1S/C72H47N3O2.U/c1-44-13-9-23-65-70(44)62-43-50(36-39-64(62)74-65)51-37-40-67-61(42-51)56-16-3-6-24-66(56)75(67)53-15-10-14-52(41-53)63(38-29-46-27-30-48(31-28-46)54-19-11-21-59-57-17-4-7-25-68(57)76-71(54)59)73-45(2)47-32-34-49(35-33-47)55-20-12-22-60-58-18-5-8-26-69(58)77-72(55)60;/h3-12,15-37,39-44,74H,2,13H2,1H3;/q-2;+2. The number of hydrogen-bond acceptors (Lipinski definition) is 3. The molecule has 14 aromatic rings. The molecule has 0 saturated carbocycles. The minimum absolute atomic E-state index is 0. The molecule has 0 spiro atoms. The summed E-state index contributed by atoms with van der Waals surface area (Å²) < 4.78 is 15.2. The number of nitrogens with zero attached hydrogens (tertiary/aromatic N) is 2. The van der Waals surface area contributed by atoms with Crippen LogP contribution in [0.2, 0.25) is 0 Å². The Morgan fingerprint density at radius 1 is 0.603 bits per heavy atom. The van der Waals surface area contributed by atoms with Crippen LogP contribution in [-0.2, 0) is 0 Å². The second-order valence-corrected chi connectivity index (χ2v) is 20.3. The van der Waals surface area contributed by atoms with Crippen LogP contribution < -0.4 is 0 Å². The molecule has 0 saturated heterocycles. The Kier molecular flexibility index (Phi) is 11.7. The van der Waals surface area contributed by atoms with Crippen molar-refractivity contribution < 1.29 is 39.9 Å². The number of fused-ring (bicyclic) bond motifs is 12. The number of nitrogens with one attached hydrogen (secondary N) is 1. The Morgan fingerprint density at radius 3 is 1.90 bits per heavy atom. The largest absolute Gasteiger partial charge is 2.00 e. The number of allylic oxidation sites excluding steroid dienone is 2. The number of furan rings is 2. The van der Waals surface area contributed by atoms with Crippen LogP contribution in [0.5, 0.6) is 0 Å². The van der Waals surface area contributed by atoms with E-state index in [4.69, 9.17) is 13.8 Å². The van der Waals surface area contributed by atoms with Gasteiger partial charge in [0.2, 0.25) is 0 Å². The summed E-state index contributed by atoms with van der Waals surface area (Å²) in [6.45, 7) is 6.87. The van der Waals surface area contributed by atoms with E-state index >= 15 is 0 Å². The van der Waals surface area contributed by atoms with Crippen molar-refractivity contribution in [2.24, 2.45) is 4.99 Å². The molecule has 0 amide bonds. The van der Waals surface area contributed by atoms with Crippen molar-refractivity contribution in [1.29, 1.82) is 0 Å². The van der Waals surface area contributed by atoms with Crippen molar-refractivity contribution in [1.82, 2.24) is 9.55 Å². The topological polar surface area (TPSA) is 59.4 Å². The van der Waals surface area contributed by atoms with Gasteiger partial charge in [0.25, 0.3) is 0 Å². The third-order valence-corrected chi connectivity index (χ3v) is 15.6. The van der Waals surface area contributed by atoms with Crippen LogP contribution >= 0.6 is 0 Å². The SMILES string of the molecule is C=C(N=C([C-]=Cc1ccc(-c2cccc3c2oc2ccccc23)cc1)c1[c-]ccc(-n2c3ccccc3c3cc(-c4ccc5[nH]c6c(c5c4)C(C)CC=C6)ccc32)c1)c1ccc(-c2cccc3c2oc2ccccc23)cc1.[U+2]. The molecule has 0 fully saturated rings. The first-order valence-corrected chi connectivity index (χ1v) is 26.2. The molecular weight excluding hydrogens is 1180 g/mol. The molecule has 1 aliphatic carbocycles. The molecule has 4 aromatic heterocycles. The molecule has 1 unspecified atom stereocenters. The second-order valence-electron chi connectivity index (χ2n) is 20.3. The van der Waals surface area contributed by atoms with Crippen LogP contribution in [0.15, 0.2) is 239 Å². The fourth-order valence-electron chi connectivity index (χ4n) is 11.8. The number of aliphatic imine (C=N–C) groups is 1. The third kappa shape index (κ3) is 8.02. The number of rotatable bonds is 9. The summed E-state index contributed by atoms with van der Waals surface area (Å²) in [5.74, 6) is 0.467. The van der Waals surface area contributed by atoms with Gasteiger partial charge in [0.05, 0.1) is 11.0 Å². The number of aromatic nitrogens is 2. The molecule has 0 bridgehead atoms. The molecule has 1 N–H and O–H groups in total. The fraction of sp³-hybridized carbons (Fsp3) is 0.0417. The van der Waals surface area contributed by atoms with Crippen molar-refractivity contribution in [2.75, 3.05) is 0 Å². The number of aromatic amines is 1. The van der Waals surface area contributed by atoms with Gasteiger partial charge in [-0.1, -0.05) is 159 Å². The summed E-state index contributed by atoms with van der Waals surface area (Å²) in [5.41, 5.74) is 21.0. The molecule has 15 rings (SSSR count). The second kappa shape index (κ2) is 19.3. The summed E-state index contributed by atoms with van der Waals surface area (Å²) in [7, 11) is 0. The number of para-hydroxylation sites is 5. The summed E-state index contributed by atoms with van der Waals surface area (Å²) in [6, 6.07) is 78.2. The predicted molar refractivity (Wildman–Crippen MR) is 321 cm³/mol. The normalized spacial score (nSPS) is 13.7.